The van der Waals surface area contributed by atoms with Crippen molar-refractivity contribution in [3.63, 3.8) is 0 Å². The van der Waals surface area contributed by atoms with Crippen molar-refractivity contribution in [1.29, 1.82) is 0 Å². The molecule has 5 fully saturated rings. The molecule has 4 N–H and O–H groups in total. The maximum absolute atomic E-state index is 16.3. The number of rotatable bonds is 6. The Morgan fingerprint density at radius 2 is 1.80 bits per heavy atom. The first-order chi connectivity index (χ1) is 32.8. The predicted octanol–water partition coefficient (Wildman–Crippen LogP) is 7.23. The van der Waals surface area contributed by atoms with E-state index in [0.717, 1.165) is 36.5 Å². The molecule has 6 heterocycles. The Morgan fingerprint density at radius 3 is 2.54 bits per heavy atom. The van der Waals surface area contributed by atoms with Crippen LogP contribution < -0.4 is 21.3 Å². The second-order valence-electron chi connectivity index (χ2n) is 21.6. The van der Waals surface area contributed by atoms with Crippen LogP contribution in [0.15, 0.2) is 48.7 Å². The molecule has 7 aliphatic rings. The highest BCUT2D eigenvalue weighted by molar-refractivity contribution is 6.30. The fraction of sp³-hybridized carbons (Fsp3) is 0.538. The number of halogens is 5. The maximum atomic E-state index is 16.3. The Balaban J connectivity index is 0.803. The van der Waals surface area contributed by atoms with Crippen LogP contribution in [0.25, 0.3) is 0 Å². The quantitative estimate of drug-likeness (QED) is 0.115. The zero-order valence-electron chi connectivity index (χ0n) is 38.8. The Bertz CT molecular complexity index is 2710. The molecule has 5 aliphatic heterocycles. The molecule has 69 heavy (non-hydrogen) atoms. The van der Waals surface area contributed by atoms with Gasteiger partial charge < -0.3 is 25.8 Å². The van der Waals surface area contributed by atoms with Crippen molar-refractivity contribution in [2.45, 2.75) is 133 Å². The Kier molecular flexibility index (Phi) is 11.9. The summed E-state index contributed by atoms with van der Waals surface area (Å²) >= 11 is 6.38. The first-order valence-electron chi connectivity index (χ1n) is 24.2. The molecule has 3 aromatic rings. The molecular weight excluding hydrogens is 914 g/mol. The number of hydrogen-bond donors (Lipinski definition) is 4. The van der Waals surface area contributed by atoms with Gasteiger partial charge in [-0.05, 0) is 98.6 Å². The van der Waals surface area contributed by atoms with E-state index in [-0.39, 0.29) is 94.5 Å². The van der Waals surface area contributed by atoms with Crippen LogP contribution in [0, 0.1) is 40.3 Å². The molecule has 17 heteroatoms. The zero-order chi connectivity index (χ0) is 48.8. The van der Waals surface area contributed by atoms with Gasteiger partial charge in [0.1, 0.15) is 17.6 Å². The molecule has 364 valence electrons. The van der Waals surface area contributed by atoms with Gasteiger partial charge >= 0.3 is 6.18 Å². The number of fused-ring (bicyclic) bond motifs is 3. The van der Waals surface area contributed by atoms with Crippen LogP contribution >= 0.6 is 11.6 Å². The van der Waals surface area contributed by atoms with E-state index >= 15 is 4.39 Å². The summed E-state index contributed by atoms with van der Waals surface area (Å²) in [5.74, 6) is 3.88. The van der Waals surface area contributed by atoms with Crippen molar-refractivity contribution in [2.75, 3.05) is 25.0 Å². The first kappa shape index (κ1) is 47.2. The molecule has 12 nitrogen and oxygen atoms in total. The van der Waals surface area contributed by atoms with Crippen molar-refractivity contribution in [3.8, 4) is 11.8 Å². The summed E-state index contributed by atoms with van der Waals surface area (Å²) in [6.07, 6.45) is 2.52. The van der Waals surface area contributed by atoms with E-state index in [4.69, 9.17) is 11.6 Å². The van der Waals surface area contributed by atoms with E-state index in [1.54, 1.807) is 24.3 Å². The molecule has 3 saturated heterocycles. The van der Waals surface area contributed by atoms with Gasteiger partial charge in [-0.3, -0.25) is 34.3 Å². The molecule has 7 atom stereocenters. The molecule has 1 unspecified atom stereocenters. The van der Waals surface area contributed by atoms with Gasteiger partial charge in [-0.1, -0.05) is 62.4 Å². The lowest BCUT2D eigenvalue weighted by Crippen LogP contribution is -2.52. The number of nitrogens with zero attached hydrogens (tertiary/aromatic N) is 3. The van der Waals surface area contributed by atoms with Gasteiger partial charge in [-0.2, -0.15) is 13.2 Å². The number of aromatic nitrogens is 1. The number of pyridine rings is 1. The first-order valence-corrected chi connectivity index (χ1v) is 24.5. The second-order valence-corrected chi connectivity index (χ2v) is 22.0. The molecule has 2 saturated carbocycles. The number of anilines is 1. The van der Waals surface area contributed by atoms with Gasteiger partial charge in [0.2, 0.25) is 23.6 Å². The molecule has 5 amide bonds. The van der Waals surface area contributed by atoms with Gasteiger partial charge in [0.15, 0.2) is 0 Å². The van der Waals surface area contributed by atoms with Gasteiger partial charge in [-0.15, -0.1) is 0 Å². The summed E-state index contributed by atoms with van der Waals surface area (Å²) < 4.78 is 57.9. The lowest BCUT2D eigenvalue weighted by molar-refractivity contribution is -0.141. The Labute approximate surface area is 403 Å². The molecule has 0 radical (unpaired) electrons. The van der Waals surface area contributed by atoms with Gasteiger partial charge in [0.05, 0.1) is 11.1 Å². The highest BCUT2D eigenvalue weighted by Crippen LogP contribution is 2.59. The smallest absolute Gasteiger partial charge is 0.384 e. The number of amides is 5. The molecule has 1 aromatic heterocycles. The molecule has 0 bridgehead atoms. The highest BCUT2D eigenvalue weighted by atomic mass is 35.5. The molecule has 2 spiro atoms. The number of piperidine rings is 2. The van der Waals surface area contributed by atoms with Crippen LogP contribution in [0.5, 0.6) is 0 Å². The standard InChI is InChI=1S/C52H56ClF4N7O5/c1-49(2,3)23-40-51(26-59-37-21-39(52(55,56)57)58-24-35(37)51)42(33-9-5-10-36(53)43(33)54)44(61-40)46(67)60-31-15-12-29(13-16-31)47(68)63-20-6-19-50(27-63)22-30(50)14-11-28-7-4-8-32-34(28)25-64(48(32)69)38-17-18-41(65)62-45(38)66/h4-5,7-10,21,24,29-31,38,40,42,44,59,61H,6,12-13,15-20,22-23,25-27H2,1-3H3,(H,60,67)(H,62,65,66)/t29?,30-,31?,38?,40+,42+,44-,50-,51+/m1/s1. The minimum Gasteiger partial charge on any atom is -0.384 e. The number of nitrogens with one attached hydrogen (secondary N) is 4. The fourth-order valence-electron chi connectivity index (χ4n) is 12.6. The van der Waals surface area contributed by atoms with Crippen LogP contribution in [0.3, 0.4) is 0 Å². The van der Waals surface area contributed by atoms with E-state index in [9.17, 15) is 37.1 Å². The molecule has 10 rings (SSSR count). The van der Waals surface area contributed by atoms with E-state index < -0.39 is 53.1 Å². The van der Waals surface area contributed by atoms with E-state index in [2.05, 4.69) is 38.1 Å². The lowest BCUT2D eigenvalue weighted by atomic mass is 9.63. The van der Waals surface area contributed by atoms with E-state index in [0.29, 0.717) is 56.3 Å². The number of carbonyl (C=O) groups excluding carboxylic acids is 5. The Hall–Kier alpha value is -5.53. The van der Waals surface area contributed by atoms with Gasteiger partial charge in [0.25, 0.3) is 5.91 Å². The number of likely N-dealkylation sites (tertiary alicyclic amines) is 1. The number of hydrogen-bond acceptors (Lipinski definition) is 8. The lowest BCUT2D eigenvalue weighted by Gasteiger charge is -2.39. The number of benzene rings is 2. The molecular formula is C52H56ClF4N7O5. The van der Waals surface area contributed by atoms with E-state index in [1.807, 2.05) is 31.7 Å². The largest absolute Gasteiger partial charge is 0.433 e. The number of carbonyl (C=O) groups is 5. The van der Waals surface area contributed by atoms with Crippen molar-refractivity contribution in [1.82, 2.24) is 30.7 Å². The number of alkyl halides is 3. The van der Waals surface area contributed by atoms with Crippen molar-refractivity contribution in [3.05, 3.63) is 93.0 Å². The Morgan fingerprint density at radius 1 is 1.03 bits per heavy atom. The average Bonchev–Trinajstić information content (AvgIpc) is 3.52. The summed E-state index contributed by atoms with van der Waals surface area (Å²) in [6, 6.07) is 8.67. The topological polar surface area (TPSA) is 153 Å². The van der Waals surface area contributed by atoms with Crippen molar-refractivity contribution >= 4 is 46.8 Å². The number of imide groups is 1. The third kappa shape index (κ3) is 8.55. The van der Waals surface area contributed by atoms with Gasteiger partial charge in [0, 0.05) is 102 Å². The highest BCUT2D eigenvalue weighted by Gasteiger charge is 2.62. The van der Waals surface area contributed by atoms with Crippen molar-refractivity contribution in [2.24, 2.45) is 22.7 Å². The minimum atomic E-state index is -4.68. The van der Waals surface area contributed by atoms with Crippen molar-refractivity contribution < 1.29 is 41.5 Å². The zero-order valence-corrected chi connectivity index (χ0v) is 39.6. The van der Waals surface area contributed by atoms with Gasteiger partial charge in [-0.25, -0.2) is 4.39 Å². The van der Waals surface area contributed by atoms with E-state index in [1.165, 1.54) is 17.2 Å². The minimum absolute atomic E-state index is 0.0934. The summed E-state index contributed by atoms with van der Waals surface area (Å²) in [5.41, 5.74) is 0.456. The summed E-state index contributed by atoms with van der Waals surface area (Å²) in [7, 11) is 0. The predicted molar refractivity (Wildman–Crippen MR) is 248 cm³/mol. The monoisotopic (exact) mass is 969 g/mol. The van der Waals surface area contributed by atoms with Crippen LogP contribution in [0.4, 0.5) is 23.2 Å². The average molecular weight is 971 g/mol. The summed E-state index contributed by atoms with van der Waals surface area (Å²) in [5, 5.41) is 12.2. The second kappa shape index (κ2) is 17.4. The van der Waals surface area contributed by atoms with Crippen LogP contribution in [0.2, 0.25) is 5.02 Å². The molecule has 2 aliphatic carbocycles. The molecule has 2 aromatic carbocycles. The maximum Gasteiger partial charge on any atom is 0.433 e. The third-order valence-electron chi connectivity index (χ3n) is 16.1. The summed E-state index contributed by atoms with van der Waals surface area (Å²) in [6.45, 7) is 7.81. The summed E-state index contributed by atoms with van der Waals surface area (Å²) in [4.78, 5) is 73.9. The van der Waals surface area contributed by atoms with Crippen LogP contribution in [0.1, 0.15) is 129 Å². The SMILES string of the molecule is CC(C)(C)C[C@@H]1N[C@@H](C(=O)NC2CCC(C(=O)N3CCC[C@@]4(C[C@H]4C#Cc4cccc5c4CN(C4CCC(=O)NC4=O)C5=O)C3)CC2)[C@H](c2cccc(Cl)c2F)[C@]12CNc1cc(C(F)(F)F)ncc12. The fourth-order valence-corrected chi connectivity index (χ4v) is 12.8. The third-order valence-corrected chi connectivity index (χ3v) is 16.4. The van der Waals surface area contributed by atoms with Crippen LogP contribution in [-0.2, 0) is 37.3 Å². The van der Waals surface area contributed by atoms with Crippen LogP contribution in [-0.4, -0.2) is 88.1 Å². The normalized spacial score (nSPS) is 30.7.